The third-order valence-electron chi connectivity index (χ3n) is 7.09. The molecular weight excluding hydrogens is 394 g/mol. The van der Waals surface area contributed by atoms with E-state index in [1.165, 1.54) is 31.7 Å². The van der Waals surface area contributed by atoms with Gasteiger partial charge in [0, 0.05) is 25.9 Å². The molecule has 0 bridgehead atoms. The Hall–Kier alpha value is -2.80. The van der Waals surface area contributed by atoms with Crippen LogP contribution in [0.15, 0.2) is 47.4 Å². The van der Waals surface area contributed by atoms with E-state index in [2.05, 4.69) is 17.1 Å². The van der Waals surface area contributed by atoms with E-state index >= 15 is 0 Å². The number of benzene rings is 1. The molecule has 3 atom stereocenters. The molecule has 2 aromatic rings. The fourth-order valence-electron chi connectivity index (χ4n) is 5.45. The van der Waals surface area contributed by atoms with Gasteiger partial charge in [-0.05, 0) is 37.2 Å². The van der Waals surface area contributed by atoms with Gasteiger partial charge in [0.15, 0.2) is 11.4 Å². The molecule has 1 aromatic heterocycles. The molecule has 1 amide bonds. The quantitative estimate of drug-likeness (QED) is 0.818. The second-order valence-corrected chi connectivity index (χ2v) is 8.95. The number of pyridine rings is 1. The third kappa shape index (κ3) is 3.41. The predicted octanol–water partition coefficient (Wildman–Crippen LogP) is 3.01. The second-order valence-electron chi connectivity index (χ2n) is 8.95. The number of hydrogen-bond donors (Lipinski definition) is 1. The van der Waals surface area contributed by atoms with Gasteiger partial charge in [-0.15, -0.1) is 0 Å². The normalized spacial score (nSPS) is 26.1. The molecule has 3 heterocycles. The Labute approximate surface area is 181 Å². The number of fused-ring (bicyclic) bond motifs is 3. The van der Waals surface area contributed by atoms with Crippen LogP contribution in [0.2, 0.25) is 0 Å². The van der Waals surface area contributed by atoms with E-state index in [-0.39, 0.29) is 29.9 Å². The highest BCUT2D eigenvalue weighted by molar-refractivity contribution is 5.96. The summed E-state index contributed by atoms with van der Waals surface area (Å²) in [5, 5.41) is 12.6. The van der Waals surface area contributed by atoms with E-state index in [1.54, 1.807) is 22.8 Å². The number of carbonyl (C=O) groups excluding carboxylic acids is 1. The number of aromatic nitrogens is 1. The maximum Gasteiger partial charge on any atom is 0.277 e. The van der Waals surface area contributed by atoms with Gasteiger partial charge in [0.25, 0.3) is 5.91 Å². The van der Waals surface area contributed by atoms with Crippen LogP contribution in [0.4, 0.5) is 0 Å². The van der Waals surface area contributed by atoms with Crippen LogP contribution >= 0.6 is 0 Å². The molecule has 5 rings (SSSR count). The van der Waals surface area contributed by atoms with Crippen molar-refractivity contribution in [1.29, 1.82) is 0 Å². The summed E-state index contributed by atoms with van der Waals surface area (Å²) in [6, 6.07) is 11.3. The maximum absolute atomic E-state index is 13.0. The Morgan fingerprint density at radius 2 is 1.77 bits per heavy atom. The lowest BCUT2D eigenvalue weighted by molar-refractivity contribution is -0.0306. The van der Waals surface area contributed by atoms with Crippen molar-refractivity contribution >= 4 is 5.91 Å². The zero-order valence-electron chi connectivity index (χ0n) is 17.8. The van der Waals surface area contributed by atoms with E-state index in [1.807, 2.05) is 18.2 Å². The summed E-state index contributed by atoms with van der Waals surface area (Å²) in [4.78, 5) is 26.7. The molecule has 31 heavy (non-hydrogen) atoms. The van der Waals surface area contributed by atoms with E-state index in [4.69, 9.17) is 4.74 Å². The molecule has 7 nitrogen and oxygen atoms in total. The zero-order chi connectivity index (χ0) is 21.5. The molecule has 3 aliphatic rings. The number of aromatic hydroxyl groups is 1. The molecule has 1 saturated carbocycles. The number of carbonyl (C=O) groups is 1. The van der Waals surface area contributed by atoms with Gasteiger partial charge in [0.1, 0.15) is 6.17 Å². The molecular formula is C24H29N3O4. The fraction of sp³-hybridized carbons (Fsp3) is 0.500. The van der Waals surface area contributed by atoms with Gasteiger partial charge >= 0.3 is 0 Å². The van der Waals surface area contributed by atoms with Gasteiger partial charge in [-0.2, -0.15) is 0 Å². The Balaban J connectivity index is 1.58. The first-order valence-electron chi connectivity index (χ1n) is 11.2. The highest BCUT2D eigenvalue weighted by Crippen LogP contribution is 2.40. The van der Waals surface area contributed by atoms with Gasteiger partial charge in [0.2, 0.25) is 5.43 Å². The fourth-order valence-corrected chi connectivity index (χ4v) is 5.45. The van der Waals surface area contributed by atoms with E-state index in [9.17, 15) is 14.7 Å². The van der Waals surface area contributed by atoms with Crippen LogP contribution in [0.25, 0.3) is 0 Å². The minimum Gasteiger partial charge on any atom is -0.502 e. The molecule has 1 aliphatic carbocycles. The van der Waals surface area contributed by atoms with Crippen LogP contribution in [-0.4, -0.2) is 46.5 Å². The van der Waals surface area contributed by atoms with Crippen molar-refractivity contribution in [2.45, 2.75) is 56.8 Å². The molecule has 164 valence electrons. The molecule has 7 heteroatoms. The molecule has 1 N–H and O–H groups in total. The minimum absolute atomic E-state index is 0.0172. The van der Waals surface area contributed by atoms with Crippen molar-refractivity contribution in [3.63, 3.8) is 0 Å². The van der Waals surface area contributed by atoms with Crippen LogP contribution in [0.1, 0.15) is 60.6 Å². The molecule has 0 unspecified atom stereocenters. The first-order valence-corrected chi connectivity index (χ1v) is 11.2. The standard InChI is InChI=1S/C24H29N3O4/c1-25-20-12-11-19(31-15-16-7-5-6-8-16)21(17-9-3-2-4-10-17)27(20)26-14-13-18(28)23(29)22(26)24(25)30/h2-4,9-10,13-14,16,19-21,29H,5-8,11-12,15H2,1H3/t19-,20+,21-/m1/s1. The number of amides is 1. The topological polar surface area (TPSA) is 75.0 Å². The molecule has 1 aromatic carbocycles. The average molecular weight is 424 g/mol. The summed E-state index contributed by atoms with van der Waals surface area (Å²) in [6.07, 6.45) is 7.98. The smallest absolute Gasteiger partial charge is 0.277 e. The average Bonchev–Trinajstić information content (AvgIpc) is 3.31. The van der Waals surface area contributed by atoms with Crippen LogP contribution < -0.4 is 10.4 Å². The zero-order valence-corrected chi connectivity index (χ0v) is 17.8. The molecule has 2 fully saturated rings. The summed E-state index contributed by atoms with van der Waals surface area (Å²) >= 11 is 0. The van der Waals surface area contributed by atoms with Crippen LogP contribution in [0.3, 0.4) is 0 Å². The summed E-state index contributed by atoms with van der Waals surface area (Å²) in [6.45, 7) is 0.754. The number of ether oxygens (including phenoxy) is 1. The predicted molar refractivity (Wildman–Crippen MR) is 117 cm³/mol. The van der Waals surface area contributed by atoms with Crippen molar-refractivity contribution in [2.75, 3.05) is 18.7 Å². The Morgan fingerprint density at radius 1 is 1.03 bits per heavy atom. The summed E-state index contributed by atoms with van der Waals surface area (Å²) in [5.41, 5.74) is 0.563. The Bertz CT molecular complexity index is 1020. The van der Waals surface area contributed by atoms with Gasteiger partial charge in [-0.3, -0.25) is 19.3 Å². The lowest BCUT2D eigenvalue weighted by Crippen LogP contribution is -2.65. The minimum atomic E-state index is -0.547. The lowest BCUT2D eigenvalue weighted by Gasteiger charge is -2.53. The van der Waals surface area contributed by atoms with Crippen molar-refractivity contribution in [2.24, 2.45) is 5.92 Å². The maximum atomic E-state index is 13.0. The highest BCUT2D eigenvalue weighted by atomic mass is 16.5. The molecule has 0 spiro atoms. The molecule has 0 radical (unpaired) electrons. The number of hydrogen-bond acceptors (Lipinski definition) is 5. The summed E-state index contributed by atoms with van der Waals surface area (Å²) < 4.78 is 8.20. The van der Waals surface area contributed by atoms with E-state index in [0.29, 0.717) is 5.92 Å². The molecule has 1 saturated heterocycles. The lowest BCUT2D eigenvalue weighted by atomic mass is 9.90. The SMILES string of the molecule is CN1C(=O)c2c(O)c(=O)ccn2N2[C@H](c3ccccc3)[C@H](OCC3CCCC3)CC[C@@H]12. The number of piperidine rings is 1. The van der Waals surface area contributed by atoms with Gasteiger partial charge in [-0.25, -0.2) is 0 Å². The molecule has 2 aliphatic heterocycles. The second kappa shape index (κ2) is 8.04. The van der Waals surface area contributed by atoms with E-state index < -0.39 is 11.2 Å². The first-order chi connectivity index (χ1) is 15.1. The van der Waals surface area contributed by atoms with Crippen molar-refractivity contribution in [3.05, 3.63) is 64.1 Å². The summed E-state index contributed by atoms with van der Waals surface area (Å²) in [7, 11) is 1.74. The first kappa shape index (κ1) is 20.1. The van der Waals surface area contributed by atoms with Gasteiger partial charge < -0.3 is 14.7 Å². The van der Waals surface area contributed by atoms with Crippen LogP contribution in [0.5, 0.6) is 5.75 Å². The van der Waals surface area contributed by atoms with Crippen molar-refractivity contribution in [3.8, 4) is 5.75 Å². The Morgan fingerprint density at radius 3 is 2.52 bits per heavy atom. The monoisotopic (exact) mass is 423 g/mol. The van der Waals surface area contributed by atoms with Crippen LogP contribution in [-0.2, 0) is 4.74 Å². The van der Waals surface area contributed by atoms with E-state index in [0.717, 1.165) is 25.0 Å². The van der Waals surface area contributed by atoms with Crippen molar-refractivity contribution < 1.29 is 14.6 Å². The van der Waals surface area contributed by atoms with Gasteiger partial charge in [0.05, 0.1) is 12.1 Å². The van der Waals surface area contributed by atoms with Crippen molar-refractivity contribution in [1.82, 2.24) is 9.58 Å². The van der Waals surface area contributed by atoms with Gasteiger partial charge in [-0.1, -0.05) is 43.2 Å². The number of nitrogens with zero attached hydrogens (tertiary/aromatic N) is 3. The third-order valence-corrected chi connectivity index (χ3v) is 7.09. The Kier molecular flexibility index (Phi) is 5.22. The number of rotatable bonds is 4. The van der Waals surface area contributed by atoms with Crippen LogP contribution in [0, 0.1) is 5.92 Å². The largest absolute Gasteiger partial charge is 0.502 e. The highest BCUT2D eigenvalue weighted by Gasteiger charge is 2.47. The summed E-state index contributed by atoms with van der Waals surface area (Å²) in [5.74, 6) is -0.223.